The van der Waals surface area contributed by atoms with Crippen molar-refractivity contribution in [2.45, 2.75) is 13.0 Å². The highest BCUT2D eigenvalue weighted by atomic mass is 35.5. The summed E-state index contributed by atoms with van der Waals surface area (Å²) in [6.45, 7) is 5.17. The second kappa shape index (κ2) is 8.23. The number of hydrogen-bond donors (Lipinski definition) is 1. The predicted octanol–water partition coefficient (Wildman–Crippen LogP) is 3.05. The van der Waals surface area contributed by atoms with Crippen molar-refractivity contribution in [1.29, 1.82) is 0 Å². The summed E-state index contributed by atoms with van der Waals surface area (Å²) in [5, 5.41) is 2.93. The summed E-state index contributed by atoms with van der Waals surface area (Å²) in [5.74, 6) is -1.13. The van der Waals surface area contributed by atoms with Crippen molar-refractivity contribution in [3.63, 3.8) is 0 Å². The van der Waals surface area contributed by atoms with Crippen LogP contribution in [-0.2, 0) is 4.74 Å². The summed E-state index contributed by atoms with van der Waals surface area (Å²) in [6.07, 6.45) is 0. The van der Waals surface area contributed by atoms with Gasteiger partial charge in [-0.15, -0.1) is 11.3 Å². The van der Waals surface area contributed by atoms with Gasteiger partial charge < -0.3 is 10.1 Å². The molecular formula is C17H19ClFN3O2S. The highest BCUT2D eigenvalue weighted by Crippen LogP contribution is 2.28. The van der Waals surface area contributed by atoms with Gasteiger partial charge in [-0.3, -0.25) is 9.69 Å². The predicted molar refractivity (Wildman–Crippen MR) is 95.7 cm³/mol. The van der Waals surface area contributed by atoms with Crippen LogP contribution >= 0.6 is 22.9 Å². The van der Waals surface area contributed by atoms with E-state index in [1.165, 1.54) is 18.2 Å². The van der Waals surface area contributed by atoms with Gasteiger partial charge in [-0.25, -0.2) is 9.37 Å². The molecule has 0 spiro atoms. The molecule has 1 amide bonds. The highest BCUT2D eigenvalue weighted by molar-refractivity contribution is 7.09. The maximum Gasteiger partial charge on any atom is 0.255 e. The molecule has 1 aliphatic heterocycles. The first-order chi connectivity index (χ1) is 12.1. The van der Waals surface area contributed by atoms with Crippen molar-refractivity contribution in [3.05, 3.63) is 50.7 Å². The largest absolute Gasteiger partial charge is 0.379 e. The number of morpholine rings is 1. The van der Waals surface area contributed by atoms with E-state index < -0.39 is 11.7 Å². The number of amides is 1. The third-order valence-corrected chi connectivity index (χ3v) is 5.56. The third kappa shape index (κ3) is 4.17. The lowest BCUT2D eigenvalue weighted by Crippen LogP contribution is -2.43. The Bertz CT molecular complexity index is 729. The van der Waals surface area contributed by atoms with Crippen LogP contribution < -0.4 is 5.32 Å². The summed E-state index contributed by atoms with van der Waals surface area (Å²) in [6, 6.07) is 4.19. The topological polar surface area (TPSA) is 54.5 Å². The van der Waals surface area contributed by atoms with E-state index >= 15 is 0 Å². The first-order valence-corrected chi connectivity index (χ1v) is 9.27. The van der Waals surface area contributed by atoms with Gasteiger partial charge in [-0.05, 0) is 19.1 Å². The molecule has 134 valence electrons. The van der Waals surface area contributed by atoms with Crippen LogP contribution in [0.1, 0.15) is 27.0 Å². The summed E-state index contributed by atoms with van der Waals surface area (Å²) < 4.78 is 19.4. The van der Waals surface area contributed by atoms with Crippen LogP contribution in [0, 0.1) is 12.7 Å². The Morgan fingerprint density at radius 2 is 2.24 bits per heavy atom. The highest BCUT2D eigenvalue weighted by Gasteiger charge is 2.26. The molecule has 1 N–H and O–H groups in total. The van der Waals surface area contributed by atoms with Crippen molar-refractivity contribution in [3.8, 4) is 0 Å². The molecule has 1 fully saturated rings. The number of carbonyl (C=O) groups excluding carboxylic acids is 1. The summed E-state index contributed by atoms with van der Waals surface area (Å²) >= 11 is 7.54. The standard InChI is InChI=1S/C17H19ClFN3O2S/c1-11-16(25-10-21-11)14(22-5-7-24-8-6-22)9-20-17(23)15-12(18)3-2-4-13(15)19/h2-4,10,14H,5-9H2,1H3,(H,20,23). The monoisotopic (exact) mass is 383 g/mol. The molecule has 0 radical (unpaired) electrons. The fraction of sp³-hybridized carbons (Fsp3) is 0.412. The second-order valence-electron chi connectivity index (χ2n) is 5.77. The van der Waals surface area contributed by atoms with Crippen LogP contribution in [0.3, 0.4) is 0 Å². The van der Waals surface area contributed by atoms with E-state index in [9.17, 15) is 9.18 Å². The van der Waals surface area contributed by atoms with Gasteiger partial charge in [0.15, 0.2) is 0 Å². The molecule has 0 saturated carbocycles. The Morgan fingerprint density at radius 3 is 2.88 bits per heavy atom. The molecule has 0 aliphatic carbocycles. The fourth-order valence-electron chi connectivity index (χ4n) is 2.90. The number of nitrogens with one attached hydrogen (secondary N) is 1. The van der Waals surface area contributed by atoms with Gasteiger partial charge in [0.25, 0.3) is 5.91 Å². The normalized spacial score (nSPS) is 16.6. The van der Waals surface area contributed by atoms with E-state index in [-0.39, 0.29) is 16.6 Å². The average Bonchev–Trinajstić information content (AvgIpc) is 3.02. The summed E-state index contributed by atoms with van der Waals surface area (Å²) in [4.78, 5) is 20.1. The number of carbonyl (C=O) groups is 1. The molecule has 1 aromatic heterocycles. The lowest BCUT2D eigenvalue weighted by Gasteiger charge is -2.34. The van der Waals surface area contributed by atoms with E-state index in [1.807, 2.05) is 6.92 Å². The minimum atomic E-state index is -0.623. The Balaban J connectivity index is 1.76. The van der Waals surface area contributed by atoms with Gasteiger partial charge in [-0.1, -0.05) is 17.7 Å². The SMILES string of the molecule is Cc1ncsc1C(CNC(=O)c1c(F)cccc1Cl)N1CCOCC1. The number of aryl methyl sites for hydroxylation is 1. The smallest absolute Gasteiger partial charge is 0.255 e. The molecule has 1 unspecified atom stereocenters. The van der Waals surface area contributed by atoms with Crippen molar-refractivity contribution in [2.24, 2.45) is 0 Å². The summed E-state index contributed by atoms with van der Waals surface area (Å²) in [5.41, 5.74) is 2.62. The molecule has 1 aromatic carbocycles. The number of rotatable bonds is 5. The Morgan fingerprint density at radius 1 is 1.48 bits per heavy atom. The second-order valence-corrected chi connectivity index (χ2v) is 7.07. The molecule has 1 atom stereocenters. The van der Waals surface area contributed by atoms with E-state index in [0.717, 1.165) is 23.7 Å². The van der Waals surface area contributed by atoms with Gasteiger partial charge in [0, 0.05) is 24.5 Å². The van der Waals surface area contributed by atoms with Crippen molar-refractivity contribution < 1.29 is 13.9 Å². The maximum atomic E-state index is 13.9. The van der Waals surface area contributed by atoms with E-state index in [0.29, 0.717) is 19.8 Å². The number of hydrogen-bond acceptors (Lipinski definition) is 5. The molecule has 2 heterocycles. The number of nitrogens with zero attached hydrogens (tertiary/aromatic N) is 2. The minimum absolute atomic E-state index is 0.0223. The number of benzene rings is 1. The van der Waals surface area contributed by atoms with Gasteiger partial charge in [0.05, 0.1) is 41.0 Å². The maximum absolute atomic E-state index is 13.9. The first kappa shape index (κ1) is 18.3. The van der Waals surface area contributed by atoms with Crippen LogP contribution in [0.5, 0.6) is 0 Å². The molecule has 1 aliphatic rings. The molecular weight excluding hydrogens is 365 g/mol. The van der Waals surface area contributed by atoms with Crippen molar-refractivity contribution >= 4 is 28.8 Å². The van der Waals surface area contributed by atoms with Crippen LogP contribution in [-0.4, -0.2) is 48.6 Å². The van der Waals surface area contributed by atoms with Crippen molar-refractivity contribution in [1.82, 2.24) is 15.2 Å². The zero-order valence-corrected chi connectivity index (χ0v) is 15.4. The Hall–Kier alpha value is -1.54. The average molecular weight is 384 g/mol. The number of aromatic nitrogens is 1. The summed E-state index contributed by atoms with van der Waals surface area (Å²) in [7, 11) is 0. The molecule has 8 heteroatoms. The van der Waals surface area contributed by atoms with E-state index in [2.05, 4.69) is 15.2 Å². The molecule has 1 saturated heterocycles. The first-order valence-electron chi connectivity index (χ1n) is 8.02. The number of halogens is 2. The van der Waals surface area contributed by atoms with Crippen LogP contribution in [0.15, 0.2) is 23.7 Å². The lowest BCUT2D eigenvalue weighted by molar-refractivity contribution is 0.0167. The lowest BCUT2D eigenvalue weighted by atomic mass is 10.1. The van der Waals surface area contributed by atoms with Crippen LogP contribution in [0.2, 0.25) is 5.02 Å². The quantitative estimate of drug-likeness (QED) is 0.862. The van der Waals surface area contributed by atoms with Crippen LogP contribution in [0.25, 0.3) is 0 Å². The fourth-order valence-corrected chi connectivity index (χ4v) is 4.09. The van der Waals surface area contributed by atoms with Gasteiger partial charge in [-0.2, -0.15) is 0 Å². The molecule has 5 nitrogen and oxygen atoms in total. The third-order valence-electron chi connectivity index (χ3n) is 4.22. The molecule has 25 heavy (non-hydrogen) atoms. The van der Waals surface area contributed by atoms with Gasteiger partial charge in [0.1, 0.15) is 5.82 Å². The Labute approximate surface area is 154 Å². The number of ether oxygens (including phenoxy) is 1. The molecule has 2 aromatic rings. The Kier molecular flexibility index (Phi) is 6.01. The van der Waals surface area contributed by atoms with Crippen molar-refractivity contribution in [2.75, 3.05) is 32.8 Å². The van der Waals surface area contributed by atoms with Gasteiger partial charge in [0.2, 0.25) is 0 Å². The van der Waals surface area contributed by atoms with Gasteiger partial charge >= 0.3 is 0 Å². The molecule has 3 rings (SSSR count). The minimum Gasteiger partial charge on any atom is -0.379 e. The van der Waals surface area contributed by atoms with E-state index in [1.54, 1.807) is 16.8 Å². The zero-order valence-electron chi connectivity index (χ0n) is 13.8. The number of thiazole rings is 1. The van der Waals surface area contributed by atoms with E-state index in [4.69, 9.17) is 16.3 Å². The zero-order chi connectivity index (χ0) is 17.8. The molecule has 0 bridgehead atoms. The van der Waals surface area contributed by atoms with Crippen LogP contribution in [0.4, 0.5) is 4.39 Å².